The molecule has 172 valence electrons. The zero-order chi connectivity index (χ0) is 22.6. The minimum Gasteiger partial charge on any atom is -0.379 e. The summed E-state index contributed by atoms with van der Waals surface area (Å²) in [5.41, 5.74) is 1.30. The molecule has 3 aromatic rings. The highest BCUT2D eigenvalue weighted by Crippen LogP contribution is 2.29. The van der Waals surface area contributed by atoms with Gasteiger partial charge < -0.3 is 19.9 Å². The predicted octanol–water partition coefficient (Wildman–Crippen LogP) is 3.07. The van der Waals surface area contributed by atoms with Crippen LogP contribution in [0.15, 0.2) is 30.6 Å². The molecular weight excluding hydrogens is 423 g/mol. The van der Waals surface area contributed by atoms with Gasteiger partial charge in [0.1, 0.15) is 0 Å². The fourth-order valence-corrected chi connectivity index (χ4v) is 3.57. The van der Waals surface area contributed by atoms with E-state index in [1.54, 1.807) is 6.33 Å². The van der Waals surface area contributed by atoms with Crippen LogP contribution in [0.25, 0.3) is 11.2 Å². The number of benzene rings is 1. The third kappa shape index (κ3) is 5.28. The number of morpholine rings is 1. The van der Waals surface area contributed by atoms with E-state index in [1.165, 1.54) is 12.1 Å². The minimum absolute atomic E-state index is 0.352. The first-order chi connectivity index (χ1) is 15.4. The van der Waals surface area contributed by atoms with Crippen LogP contribution in [0.1, 0.15) is 18.1 Å². The number of rotatable bonds is 8. The first-order valence-corrected chi connectivity index (χ1v) is 10.6. The average molecular weight is 449 g/mol. The van der Waals surface area contributed by atoms with Crippen molar-refractivity contribution in [2.45, 2.75) is 19.6 Å². The number of alkyl halides is 3. The van der Waals surface area contributed by atoms with E-state index in [1.807, 2.05) is 11.5 Å². The molecule has 0 bridgehead atoms. The summed E-state index contributed by atoms with van der Waals surface area (Å²) >= 11 is 0. The topological polar surface area (TPSA) is 80.1 Å². The summed E-state index contributed by atoms with van der Waals surface area (Å²) in [7, 11) is 0. The lowest BCUT2D eigenvalue weighted by molar-refractivity contribution is -0.137. The van der Waals surface area contributed by atoms with Gasteiger partial charge in [0.15, 0.2) is 17.0 Å². The van der Waals surface area contributed by atoms with Gasteiger partial charge in [-0.15, -0.1) is 0 Å². The van der Waals surface area contributed by atoms with Crippen molar-refractivity contribution in [2.75, 3.05) is 56.6 Å². The van der Waals surface area contributed by atoms with Crippen molar-refractivity contribution < 1.29 is 17.9 Å². The van der Waals surface area contributed by atoms with Crippen LogP contribution in [-0.4, -0.2) is 70.4 Å². The van der Waals surface area contributed by atoms with E-state index in [9.17, 15) is 13.2 Å². The molecule has 0 amide bonds. The van der Waals surface area contributed by atoms with E-state index < -0.39 is 11.7 Å². The summed E-state index contributed by atoms with van der Waals surface area (Å²) in [4.78, 5) is 15.9. The number of anilines is 2. The summed E-state index contributed by atoms with van der Waals surface area (Å²) < 4.78 is 45.7. The summed E-state index contributed by atoms with van der Waals surface area (Å²) in [6.07, 6.45) is -2.71. The highest BCUT2D eigenvalue weighted by Gasteiger charge is 2.30. The summed E-state index contributed by atoms with van der Waals surface area (Å²) in [6, 6.07) is 5.13. The van der Waals surface area contributed by atoms with Gasteiger partial charge in [-0.1, -0.05) is 12.1 Å². The maximum atomic E-state index is 12.8. The molecule has 4 rings (SSSR count). The lowest BCUT2D eigenvalue weighted by Crippen LogP contribution is -2.39. The lowest BCUT2D eigenvalue weighted by Gasteiger charge is -2.26. The SMILES string of the molecule is CCNc1nc(NCCN2CCOCC2)c2ncn(Cc3ccc(C(F)(F)F)cc3)c2n1. The molecular formula is C21H26F3N7O. The number of aromatic nitrogens is 4. The first-order valence-electron chi connectivity index (χ1n) is 10.6. The van der Waals surface area contributed by atoms with Crippen LogP contribution in [0.2, 0.25) is 0 Å². The molecule has 2 N–H and O–H groups in total. The quantitative estimate of drug-likeness (QED) is 0.547. The molecule has 1 aliphatic rings. The molecule has 0 aliphatic carbocycles. The first kappa shape index (κ1) is 22.3. The van der Waals surface area contributed by atoms with E-state index in [0.717, 1.165) is 50.5 Å². The van der Waals surface area contributed by atoms with E-state index >= 15 is 0 Å². The molecule has 1 aliphatic heterocycles. The maximum Gasteiger partial charge on any atom is 0.416 e. The Hall–Kier alpha value is -2.92. The lowest BCUT2D eigenvalue weighted by atomic mass is 10.1. The molecule has 32 heavy (non-hydrogen) atoms. The predicted molar refractivity (Wildman–Crippen MR) is 116 cm³/mol. The molecule has 0 spiro atoms. The standard InChI is InChI=1S/C21H26F3N7O/c1-2-25-20-28-18(26-7-8-30-9-11-32-12-10-30)17-19(29-20)31(14-27-17)13-15-3-5-16(6-4-15)21(22,23)24/h3-6,14H,2,7-13H2,1H3,(H2,25,26,28,29). The molecule has 0 radical (unpaired) electrons. The van der Waals surface area contributed by atoms with Crippen molar-refractivity contribution in [3.05, 3.63) is 41.7 Å². The smallest absolute Gasteiger partial charge is 0.379 e. The van der Waals surface area contributed by atoms with Crippen molar-refractivity contribution in [1.82, 2.24) is 24.4 Å². The molecule has 1 fully saturated rings. The van der Waals surface area contributed by atoms with Crippen molar-refractivity contribution in [1.29, 1.82) is 0 Å². The van der Waals surface area contributed by atoms with Crippen LogP contribution in [-0.2, 0) is 17.5 Å². The molecule has 8 nitrogen and oxygen atoms in total. The molecule has 0 saturated carbocycles. The Bertz CT molecular complexity index is 1030. The largest absolute Gasteiger partial charge is 0.416 e. The Labute approximate surface area is 183 Å². The van der Waals surface area contributed by atoms with E-state index in [0.29, 0.717) is 42.6 Å². The van der Waals surface area contributed by atoms with Gasteiger partial charge in [-0.2, -0.15) is 23.1 Å². The number of nitrogens with one attached hydrogen (secondary N) is 2. The number of hydrogen-bond donors (Lipinski definition) is 2. The fraction of sp³-hybridized carbons (Fsp3) is 0.476. The van der Waals surface area contributed by atoms with Crippen LogP contribution in [0.5, 0.6) is 0 Å². The van der Waals surface area contributed by atoms with Gasteiger partial charge in [0.2, 0.25) is 5.95 Å². The number of nitrogens with zero attached hydrogens (tertiary/aromatic N) is 5. The number of halogens is 3. The van der Waals surface area contributed by atoms with Gasteiger partial charge in [-0.25, -0.2) is 4.98 Å². The van der Waals surface area contributed by atoms with Crippen LogP contribution in [0.4, 0.5) is 24.9 Å². The normalized spacial score (nSPS) is 15.2. The summed E-state index contributed by atoms with van der Waals surface area (Å²) in [5, 5.41) is 6.49. The highest BCUT2D eigenvalue weighted by molar-refractivity contribution is 5.84. The third-order valence-corrected chi connectivity index (χ3v) is 5.26. The zero-order valence-corrected chi connectivity index (χ0v) is 17.8. The monoisotopic (exact) mass is 449 g/mol. The average Bonchev–Trinajstić information content (AvgIpc) is 3.17. The number of imidazole rings is 1. The second-order valence-corrected chi connectivity index (χ2v) is 7.55. The van der Waals surface area contributed by atoms with Crippen molar-refractivity contribution in [3.8, 4) is 0 Å². The van der Waals surface area contributed by atoms with E-state index in [4.69, 9.17) is 4.74 Å². The van der Waals surface area contributed by atoms with Crippen molar-refractivity contribution >= 4 is 22.9 Å². The number of fused-ring (bicyclic) bond motifs is 1. The van der Waals surface area contributed by atoms with Crippen molar-refractivity contribution in [2.24, 2.45) is 0 Å². The Morgan fingerprint density at radius 3 is 2.50 bits per heavy atom. The van der Waals surface area contributed by atoms with Crippen LogP contribution < -0.4 is 10.6 Å². The maximum absolute atomic E-state index is 12.8. The highest BCUT2D eigenvalue weighted by atomic mass is 19.4. The van der Waals surface area contributed by atoms with Crippen LogP contribution in [0, 0.1) is 0 Å². The summed E-state index contributed by atoms with van der Waals surface area (Å²) in [6.45, 7) is 7.83. The third-order valence-electron chi connectivity index (χ3n) is 5.26. The Balaban J connectivity index is 1.53. The molecule has 2 aromatic heterocycles. The van der Waals surface area contributed by atoms with Gasteiger partial charge in [0.05, 0.1) is 31.6 Å². The van der Waals surface area contributed by atoms with Gasteiger partial charge in [-0.3, -0.25) is 4.90 Å². The molecule has 0 atom stereocenters. The molecule has 1 aromatic carbocycles. The van der Waals surface area contributed by atoms with Gasteiger partial charge in [0.25, 0.3) is 0 Å². The van der Waals surface area contributed by atoms with E-state index in [-0.39, 0.29) is 0 Å². The molecule has 0 unspecified atom stereocenters. The molecule has 1 saturated heterocycles. The van der Waals surface area contributed by atoms with Gasteiger partial charge >= 0.3 is 6.18 Å². The molecule has 11 heteroatoms. The van der Waals surface area contributed by atoms with Crippen molar-refractivity contribution in [3.63, 3.8) is 0 Å². The van der Waals surface area contributed by atoms with Crippen LogP contribution >= 0.6 is 0 Å². The van der Waals surface area contributed by atoms with Crippen LogP contribution in [0.3, 0.4) is 0 Å². The van der Waals surface area contributed by atoms with Gasteiger partial charge in [0, 0.05) is 32.7 Å². The molecule has 3 heterocycles. The number of hydrogen-bond acceptors (Lipinski definition) is 7. The number of ether oxygens (including phenoxy) is 1. The Morgan fingerprint density at radius 1 is 1.06 bits per heavy atom. The second-order valence-electron chi connectivity index (χ2n) is 7.55. The Morgan fingerprint density at radius 2 is 1.81 bits per heavy atom. The fourth-order valence-electron chi connectivity index (χ4n) is 3.57. The van der Waals surface area contributed by atoms with Gasteiger partial charge in [-0.05, 0) is 24.6 Å². The van der Waals surface area contributed by atoms with E-state index in [2.05, 4.69) is 30.5 Å². The zero-order valence-electron chi connectivity index (χ0n) is 17.8. The Kier molecular flexibility index (Phi) is 6.75. The minimum atomic E-state index is -4.35. The summed E-state index contributed by atoms with van der Waals surface area (Å²) in [5.74, 6) is 1.11. The second kappa shape index (κ2) is 9.70.